The highest BCUT2D eigenvalue weighted by Crippen LogP contribution is 2.62. The maximum absolute atomic E-state index is 11.8. The number of aromatic amines is 2. The molecule has 7 N–H and O–H groups in total. The molecular formula is C9H14N2O14P3S+. The number of phosphoric acid groups is 2. The molecule has 1 aliphatic rings. The minimum Gasteiger partial charge on any atom is -0.387 e. The summed E-state index contributed by atoms with van der Waals surface area (Å²) in [5, 5.41) is 20.0. The highest BCUT2D eigenvalue weighted by atomic mass is 32.7. The van der Waals surface area contributed by atoms with Gasteiger partial charge in [-0.25, -0.2) is 13.9 Å². The number of rotatable bonds is 9. The minimum atomic E-state index is -5.36. The molecule has 0 aromatic carbocycles. The van der Waals surface area contributed by atoms with Gasteiger partial charge in [0.25, 0.3) is 5.56 Å². The Morgan fingerprint density at radius 3 is 2.45 bits per heavy atom. The van der Waals surface area contributed by atoms with Crippen LogP contribution in [0.3, 0.4) is 0 Å². The third-order valence-electron chi connectivity index (χ3n) is 3.26. The van der Waals surface area contributed by atoms with Crippen molar-refractivity contribution in [3.05, 3.63) is 32.6 Å². The lowest BCUT2D eigenvalue weighted by Gasteiger charge is -2.13. The van der Waals surface area contributed by atoms with Crippen LogP contribution in [0.1, 0.15) is 11.7 Å². The maximum Gasteiger partial charge on any atom is 0.616 e. The van der Waals surface area contributed by atoms with Gasteiger partial charge < -0.3 is 34.6 Å². The molecule has 164 valence electrons. The van der Waals surface area contributed by atoms with Crippen molar-refractivity contribution in [2.45, 2.75) is 24.4 Å². The molecule has 1 saturated heterocycles. The molecule has 6 atom stereocenters. The predicted octanol–water partition coefficient (Wildman–Crippen LogP) is -1.23. The van der Waals surface area contributed by atoms with Crippen LogP contribution in [0.2, 0.25) is 0 Å². The van der Waals surface area contributed by atoms with Crippen LogP contribution >= 0.6 is 34.5 Å². The van der Waals surface area contributed by atoms with E-state index in [2.05, 4.69) is 13.3 Å². The van der Waals surface area contributed by atoms with Crippen LogP contribution in [-0.4, -0.2) is 59.8 Å². The Balaban J connectivity index is 1.91. The molecule has 2 unspecified atom stereocenters. The molecule has 2 rings (SSSR count). The first-order valence-electron chi connectivity index (χ1n) is 7.19. The first-order valence-corrected chi connectivity index (χ1v) is 12.7. The van der Waals surface area contributed by atoms with Gasteiger partial charge in [0.15, 0.2) is 0 Å². The highest BCUT2D eigenvalue weighted by molar-refractivity contribution is 8.48. The van der Waals surface area contributed by atoms with Gasteiger partial charge in [-0.05, 0) is 4.57 Å². The molecule has 1 aliphatic heterocycles. The van der Waals surface area contributed by atoms with Crippen LogP contribution in [0.5, 0.6) is 0 Å². The Bertz CT molecular complexity index is 958. The second-order valence-corrected chi connectivity index (χ2v) is 10.7. The van der Waals surface area contributed by atoms with E-state index in [0.29, 0.717) is 0 Å². The molecule has 0 saturated carbocycles. The number of aromatic nitrogens is 2. The largest absolute Gasteiger partial charge is 0.616 e. The van der Waals surface area contributed by atoms with Crippen LogP contribution in [0.15, 0.2) is 15.8 Å². The summed E-state index contributed by atoms with van der Waals surface area (Å²) in [7, 11) is -13.5. The average molecular weight is 499 g/mol. The lowest BCUT2D eigenvalue weighted by molar-refractivity contribution is -0.0154. The van der Waals surface area contributed by atoms with Gasteiger partial charge >= 0.3 is 40.2 Å². The Kier molecular flexibility index (Phi) is 8.09. The van der Waals surface area contributed by atoms with Crippen molar-refractivity contribution in [1.29, 1.82) is 0 Å². The van der Waals surface area contributed by atoms with Gasteiger partial charge in [0.05, 0.1) is 5.56 Å². The number of nitrogens with one attached hydrogen (secondary N) is 2. The second-order valence-electron chi connectivity index (χ2n) is 5.31. The zero-order chi connectivity index (χ0) is 22.0. The van der Waals surface area contributed by atoms with E-state index < -0.39 is 65.1 Å². The fourth-order valence-electron chi connectivity index (χ4n) is 2.15. The molecule has 0 bridgehead atoms. The van der Waals surface area contributed by atoms with Crippen LogP contribution in [-0.2, 0) is 31.2 Å². The van der Waals surface area contributed by atoms with Crippen molar-refractivity contribution in [3.8, 4) is 0 Å². The summed E-state index contributed by atoms with van der Waals surface area (Å²) in [4.78, 5) is 52.7. The van der Waals surface area contributed by atoms with E-state index in [1.165, 1.54) is 0 Å². The zero-order valence-electron chi connectivity index (χ0n) is 13.8. The highest BCUT2D eigenvalue weighted by Gasteiger charge is 2.46. The summed E-state index contributed by atoms with van der Waals surface area (Å²) < 4.78 is 50.8. The number of aliphatic hydroxyl groups is 2. The number of H-pyrrole nitrogens is 2. The molecule has 0 radical (unpaired) electrons. The van der Waals surface area contributed by atoms with E-state index in [0.717, 1.165) is 6.20 Å². The lowest BCUT2D eigenvalue weighted by atomic mass is 10.0. The number of hydrogen-bond acceptors (Lipinski definition) is 12. The summed E-state index contributed by atoms with van der Waals surface area (Å²) in [6.45, 7) is -0.642. The van der Waals surface area contributed by atoms with Gasteiger partial charge in [-0.15, -0.1) is 4.52 Å². The molecular weight excluding hydrogens is 485 g/mol. The quantitative estimate of drug-likeness (QED) is 0.155. The molecule has 1 fully saturated rings. The number of hydrogen-bond donors (Lipinski definition) is 7. The summed E-state index contributed by atoms with van der Waals surface area (Å²) in [6, 6.07) is 0. The van der Waals surface area contributed by atoms with Gasteiger partial charge in [0.1, 0.15) is 31.0 Å². The Labute approximate surface area is 164 Å². The van der Waals surface area contributed by atoms with Crippen LogP contribution in [0.4, 0.5) is 0 Å². The molecule has 29 heavy (non-hydrogen) atoms. The first-order chi connectivity index (χ1) is 13.3. The van der Waals surface area contributed by atoms with Crippen LogP contribution in [0, 0.1) is 0 Å². The predicted molar refractivity (Wildman–Crippen MR) is 92.5 cm³/mol. The van der Waals surface area contributed by atoms with E-state index in [-0.39, 0.29) is 17.2 Å². The standard InChI is InChI=1S/C9H13N2O14P3S/c12-5-4(2-22-26(16)29-25-28(20,21)24-27(17,18)19)23-7(6(5)13)3-1-10-9(15)11-8(3)14/h1,4-7,12-13H,2H2,(H4-,10,11,14,15,17,18,19,20,21)/p+1/t4-,5-,6-,7+/m1/s1. The SMILES string of the molecule is O=c1[nH]cc([C@@H]2O[C@H](CO[P+](=O)SOP(=O)(O)OP(=O)(O)O)[C@@H](O)[C@H]2O)c(=O)[nH]1. The first kappa shape index (κ1) is 24.5. The molecule has 0 amide bonds. The summed E-state index contributed by atoms with van der Waals surface area (Å²) in [5.41, 5.74) is -1.87. The monoisotopic (exact) mass is 499 g/mol. The number of ether oxygens (including phenoxy) is 1. The molecule has 2 heterocycles. The molecule has 0 aliphatic carbocycles. The van der Waals surface area contributed by atoms with E-state index in [1.807, 2.05) is 4.98 Å². The molecule has 1 aromatic heterocycles. The molecule has 0 spiro atoms. The zero-order valence-corrected chi connectivity index (χ0v) is 17.3. The Hall–Kier alpha value is -0.770. The van der Waals surface area contributed by atoms with Crippen LogP contribution < -0.4 is 11.2 Å². The van der Waals surface area contributed by atoms with Gasteiger partial charge in [-0.3, -0.25) is 9.78 Å². The van der Waals surface area contributed by atoms with Crippen molar-refractivity contribution in [1.82, 2.24) is 9.97 Å². The van der Waals surface area contributed by atoms with Crippen LogP contribution in [0.25, 0.3) is 0 Å². The fourth-order valence-corrected chi connectivity index (χ4v) is 6.00. The smallest absolute Gasteiger partial charge is 0.387 e. The maximum atomic E-state index is 11.8. The van der Waals surface area contributed by atoms with Gasteiger partial charge in [-0.1, -0.05) is 0 Å². The van der Waals surface area contributed by atoms with E-state index in [9.17, 15) is 33.5 Å². The molecule has 20 heteroatoms. The average Bonchev–Trinajstić information content (AvgIpc) is 2.84. The van der Waals surface area contributed by atoms with E-state index in [4.69, 9.17) is 23.9 Å². The third kappa shape index (κ3) is 7.15. The van der Waals surface area contributed by atoms with Gasteiger partial charge in [0, 0.05) is 6.20 Å². The van der Waals surface area contributed by atoms with Gasteiger partial charge in [0.2, 0.25) is 0 Å². The second kappa shape index (κ2) is 9.58. The molecule has 1 aromatic rings. The van der Waals surface area contributed by atoms with Crippen molar-refractivity contribution >= 4 is 34.5 Å². The normalized spacial score (nSPS) is 27.6. The Morgan fingerprint density at radius 2 is 1.86 bits per heavy atom. The number of aliphatic hydroxyl groups excluding tert-OH is 2. The summed E-state index contributed by atoms with van der Waals surface area (Å²) in [5.74, 6) is 0. The molecule has 16 nitrogen and oxygen atoms in total. The topological polar surface area (TPSA) is 255 Å². The lowest BCUT2D eigenvalue weighted by Crippen LogP contribution is -2.34. The van der Waals surface area contributed by atoms with Crippen molar-refractivity contribution in [2.75, 3.05) is 6.61 Å². The van der Waals surface area contributed by atoms with Crippen molar-refractivity contribution < 1.29 is 56.1 Å². The summed E-state index contributed by atoms with van der Waals surface area (Å²) >= 11 is -0.278. The van der Waals surface area contributed by atoms with E-state index in [1.54, 1.807) is 0 Å². The van der Waals surface area contributed by atoms with Crippen molar-refractivity contribution in [3.63, 3.8) is 0 Å². The van der Waals surface area contributed by atoms with E-state index >= 15 is 0 Å². The third-order valence-corrected chi connectivity index (χ3v) is 7.72. The van der Waals surface area contributed by atoms with Gasteiger partial charge in [-0.2, -0.15) is 8.28 Å². The fraction of sp³-hybridized carbons (Fsp3) is 0.556. The minimum absolute atomic E-state index is 0.198. The van der Waals surface area contributed by atoms with Crippen molar-refractivity contribution in [2.24, 2.45) is 0 Å². The Morgan fingerprint density at radius 1 is 1.21 bits per heavy atom. The summed E-state index contributed by atoms with van der Waals surface area (Å²) in [6.07, 6.45) is -4.87.